The third kappa shape index (κ3) is 5.33. The molecule has 10 nitrogen and oxygen atoms in total. The number of rotatable bonds is 8. The van der Waals surface area contributed by atoms with Crippen LogP contribution in [0.2, 0.25) is 0 Å². The predicted octanol–water partition coefficient (Wildman–Crippen LogP) is 3.10. The summed E-state index contributed by atoms with van der Waals surface area (Å²) in [5, 5.41) is 2.97. The highest BCUT2D eigenvalue weighted by Gasteiger charge is 2.28. The standard InChI is InChI=1S/C24H28N4O6/c1-6-32-23(30)17-14(5)34-22-18(17)20(25)26-16(27-22)11-33-24(31)19(12(2)3)28-21(29)15-9-7-8-13(4)10-15/h7-10,12,19H,6,11H2,1-5H3,(H,28,29)(H2,25,26,27)/t19-/m1/s1. The molecule has 0 aliphatic heterocycles. The molecular formula is C24H28N4O6. The highest BCUT2D eigenvalue weighted by atomic mass is 16.5. The van der Waals surface area contributed by atoms with Gasteiger partial charge in [-0.25, -0.2) is 14.6 Å². The average Bonchev–Trinajstić information content (AvgIpc) is 3.12. The number of benzene rings is 1. The Bertz CT molecular complexity index is 1230. The molecule has 0 unspecified atom stereocenters. The van der Waals surface area contributed by atoms with Crippen molar-refractivity contribution in [3.05, 3.63) is 52.5 Å². The van der Waals surface area contributed by atoms with Gasteiger partial charge in [0.05, 0.1) is 12.0 Å². The van der Waals surface area contributed by atoms with Crippen molar-refractivity contribution in [3.63, 3.8) is 0 Å². The first kappa shape index (κ1) is 24.7. The minimum Gasteiger partial charge on any atom is -0.462 e. The summed E-state index contributed by atoms with van der Waals surface area (Å²) in [7, 11) is 0. The molecule has 2 heterocycles. The van der Waals surface area contributed by atoms with Gasteiger partial charge in [-0.2, -0.15) is 4.98 Å². The van der Waals surface area contributed by atoms with E-state index in [2.05, 4.69) is 15.3 Å². The molecule has 3 aromatic rings. The second-order valence-corrected chi connectivity index (χ2v) is 8.13. The van der Waals surface area contributed by atoms with Crippen molar-refractivity contribution in [2.24, 2.45) is 5.92 Å². The summed E-state index contributed by atoms with van der Waals surface area (Å²) in [6.07, 6.45) is 0. The maximum Gasteiger partial charge on any atom is 0.342 e. The van der Waals surface area contributed by atoms with Crippen molar-refractivity contribution in [1.82, 2.24) is 15.3 Å². The number of amides is 1. The molecule has 180 valence electrons. The minimum absolute atomic E-state index is 0.00381. The van der Waals surface area contributed by atoms with Crippen LogP contribution in [0, 0.1) is 19.8 Å². The molecule has 3 rings (SSSR count). The van der Waals surface area contributed by atoms with Gasteiger partial charge in [0.15, 0.2) is 12.4 Å². The number of furan rings is 1. The Morgan fingerprint density at radius 3 is 2.53 bits per heavy atom. The summed E-state index contributed by atoms with van der Waals surface area (Å²) in [6.45, 7) is 8.65. The van der Waals surface area contributed by atoms with Crippen LogP contribution in [0.4, 0.5) is 5.82 Å². The van der Waals surface area contributed by atoms with E-state index in [1.807, 2.05) is 13.0 Å². The Kier molecular flexibility index (Phi) is 7.50. The molecule has 0 fully saturated rings. The van der Waals surface area contributed by atoms with Crippen LogP contribution in [0.1, 0.15) is 58.6 Å². The van der Waals surface area contributed by atoms with E-state index in [1.54, 1.807) is 45.9 Å². The van der Waals surface area contributed by atoms with Crippen LogP contribution < -0.4 is 11.1 Å². The van der Waals surface area contributed by atoms with E-state index < -0.39 is 18.0 Å². The van der Waals surface area contributed by atoms with Gasteiger partial charge in [0.25, 0.3) is 5.91 Å². The average molecular weight is 469 g/mol. The van der Waals surface area contributed by atoms with Crippen LogP contribution in [0.15, 0.2) is 28.7 Å². The molecule has 2 aromatic heterocycles. The topological polar surface area (TPSA) is 147 Å². The van der Waals surface area contributed by atoms with Crippen LogP contribution >= 0.6 is 0 Å². The van der Waals surface area contributed by atoms with Crippen molar-refractivity contribution in [1.29, 1.82) is 0 Å². The van der Waals surface area contributed by atoms with Gasteiger partial charge in [-0.1, -0.05) is 31.5 Å². The Labute approximate surface area is 196 Å². The summed E-state index contributed by atoms with van der Waals surface area (Å²) in [6, 6.07) is 6.18. The van der Waals surface area contributed by atoms with Crippen LogP contribution in [0.5, 0.6) is 0 Å². The summed E-state index contributed by atoms with van der Waals surface area (Å²) < 4.78 is 16.0. The number of ether oxygens (including phenoxy) is 2. The molecular weight excluding hydrogens is 440 g/mol. The van der Waals surface area contributed by atoms with Crippen LogP contribution in [-0.2, 0) is 20.9 Å². The van der Waals surface area contributed by atoms with Crippen molar-refractivity contribution >= 4 is 34.8 Å². The highest BCUT2D eigenvalue weighted by molar-refractivity contribution is 6.07. The SMILES string of the molecule is CCOC(=O)c1c(C)oc2nc(COC(=O)[C@H](NC(=O)c3cccc(C)c3)C(C)C)nc(N)c12. The van der Waals surface area contributed by atoms with E-state index in [0.29, 0.717) is 11.3 Å². The number of nitrogens with one attached hydrogen (secondary N) is 1. The van der Waals surface area contributed by atoms with Gasteiger partial charge in [-0.3, -0.25) is 4.79 Å². The highest BCUT2D eigenvalue weighted by Crippen LogP contribution is 2.29. The largest absolute Gasteiger partial charge is 0.462 e. The lowest BCUT2D eigenvalue weighted by Gasteiger charge is -2.20. The first-order chi connectivity index (χ1) is 16.1. The van der Waals surface area contributed by atoms with E-state index in [-0.39, 0.29) is 53.3 Å². The third-order valence-electron chi connectivity index (χ3n) is 5.11. The summed E-state index contributed by atoms with van der Waals surface area (Å²) >= 11 is 0. The number of aryl methyl sites for hydroxylation is 2. The number of anilines is 1. The molecule has 0 aliphatic carbocycles. The van der Waals surface area contributed by atoms with Gasteiger partial charge >= 0.3 is 11.9 Å². The smallest absolute Gasteiger partial charge is 0.342 e. The lowest BCUT2D eigenvalue weighted by molar-refractivity contribution is -0.148. The molecule has 0 saturated heterocycles. The number of nitrogen functional groups attached to an aromatic ring is 1. The molecule has 0 radical (unpaired) electrons. The Morgan fingerprint density at radius 1 is 1.15 bits per heavy atom. The van der Waals surface area contributed by atoms with Crippen LogP contribution in [0.25, 0.3) is 11.1 Å². The van der Waals surface area contributed by atoms with Crippen molar-refractivity contribution in [3.8, 4) is 0 Å². The maximum absolute atomic E-state index is 12.8. The molecule has 10 heteroatoms. The van der Waals surface area contributed by atoms with Gasteiger partial charge in [-0.05, 0) is 38.8 Å². The van der Waals surface area contributed by atoms with Crippen LogP contribution in [-0.4, -0.2) is 40.5 Å². The number of carbonyl (C=O) groups is 3. The number of fused-ring (bicyclic) bond motifs is 1. The van der Waals surface area contributed by atoms with Gasteiger partial charge in [0.1, 0.15) is 23.2 Å². The molecule has 1 aromatic carbocycles. The fourth-order valence-electron chi connectivity index (χ4n) is 3.43. The number of aromatic nitrogens is 2. The van der Waals surface area contributed by atoms with Gasteiger partial charge in [0, 0.05) is 5.56 Å². The molecule has 0 spiro atoms. The van der Waals surface area contributed by atoms with Crippen molar-refractivity contribution < 1.29 is 28.3 Å². The molecule has 34 heavy (non-hydrogen) atoms. The fourth-order valence-corrected chi connectivity index (χ4v) is 3.43. The normalized spacial score (nSPS) is 11.9. The number of hydrogen-bond donors (Lipinski definition) is 2. The number of carbonyl (C=O) groups excluding carboxylic acids is 3. The van der Waals surface area contributed by atoms with E-state index >= 15 is 0 Å². The monoisotopic (exact) mass is 468 g/mol. The number of nitrogens with zero attached hydrogens (tertiary/aromatic N) is 2. The molecule has 1 atom stereocenters. The Hall–Kier alpha value is -3.95. The van der Waals surface area contributed by atoms with E-state index in [0.717, 1.165) is 5.56 Å². The Morgan fingerprint density at radius 2 is 1.88 bits per heavy atom. The van der Waals surface area contributed by atoms with Crippen molar-refractivity contribution in [2.75, 3.05) is 12.3 Å². The summed E-state index contributed by atoms with van der Waals surface area (Å²) in [5.74, 6) is -1.44. The van der Waals surface area contributed by atoms with Gasteiger partial charge in [-0.15, -0.1) is 0 Å². The second-order valence-electron chi connectivity index (χ2n) is 8.13. The maximum atomic E-state index is 12.8. The number of nitrogens with two attached hydrogens (primary N) is 1. The molecule has 1 amide bonds. The van der Waals surface area contributed by atoms with Crippen molar-refractivity contribution in [2.45, 2.75) is 47.3 Å². The van der Waals surface area contributed by atoms with E-state index in [4.69, 9.17) is 19.6 Å². The zero-order valence-electron chi connectivity index (χ0n) is 19.8. The number of hydrogen-bond acceptors (Lipinski definition) is 9. The van der Waals surface area contributed by atoms with E-state index in [9.17, 15) is 14.4 Å². The predicted molar refractivity (Wildman–Crippen MR) is 124 cm³/mol. The summed E-state index contributed by atoms with van der Waals surface area (Å²) in [5.41, 5.74) is 7.68. The first-order valence-corrected chi connectivity index (χ1v) is 10.9. The van der Waals surface area contributed by atoms with Gasteiger partial charge in [0.2, 0.25) is 5.71 Å². The van der Waals surface area contributed by atoms with E-state index in [1.165, 1.54) is 0 Å². The van der Waals surface area contributed by atoms with Crippen LogP contribution in [0.3, 0.4) is 0 Å². The lowest BCUT2D eigenvalue weighted by Crippen LogP contribution is -2.45. The fraction of sp³-hybridized carbons (Fsp3) is 0.375. The zero-order chi connectivity index (χ0) is 25.0. The molecule has 3 N–H and O–H groups in total. The molecule has 0 saturated carbocycles. The molecule has 0 aliphatic rings. The lowest BCUT2D eigenvalue weighted by atomic mass is 10.0. The molecule has 0 bridgehead atoms. The Balaban J connectivity index is 1.75. The van der Waals surface area contributed by atoms with Gasteiger partial charge < -0.3 is 24.9 Å². The zero-order valence-corrected chi connectivity index (χ0v) is 19.8. The number of esters is 2. The third-order valence-corrected chi connectivity index (χ3v) is 5.11. The first-order valence-electron chi connectivity index (χ1n) is 10.9. The summed E-state index contributed by atoms with van der Waals surface area (Å²) in [4.78, 5) is 46.0. The second kappa shape index (κ2) is 10.3. The quantitative estimate of drug-likeness (QED) is 0.476. The minimum atomic E-state index is -0.879.